The average molecular weight is 309 g/mol. The van der Waals surface area contributed by atoms with E-state index in [-0.39, 0.29) is 13.0 Å². The Kier molecular flexibility index (Phi) is 5.48. The minimum Gasteiger partial charge on any atom is -0.330 e. The third-order valence-corrected chi connectivity index (χ3v) is 3.98. The Morgan fingerprint density at radius 2 is 1.95 bits per heavy atom. The second-order valence-corrected chi connectivity index (χ2v) is 5.55. The van der Waals surface area contributed by atoms with E-state index in [0.717, 1.165) is 12.1 Å². The molecule has 0 bridgehead atoms. The van der Waals surface area contributed by atoms with E-state index >= 15 is 0 Å². The van der Waals surface area contributed by atoms with Crippen LogP contribution in [0.5, 0.6) is 0 Å². The molecular formula is C10H13F2N3O4S. The third kappa shape index (κ3) is 3.92. The molecule has 0 amide bonds. The molecule has 1 atom stereocenters. The Morgan fingerprint density at radius 3 is 2.45 bits per heavy atom. The van der Waals surface area contributed by atoms with Crippen molar-refractivity contribution in [2.24, 2.45) is 5.73 Å². The summed E-state index contributed by atoms with van der Waals surface area (Å²) in [4.78, 5) is 9.21. The lowest BCUT2D eigenvalue weighted by Crippen LogP contribution is -2.41. The van der Waals surface area contributed by atoms with Crippen molar-refractivity contribution in [3.8, 4) is 0 Å². The van der Waals surface area contributed by atoms with Crippen molar-refractivity contribution in [1.82, 2.24) is 4.72 Å². The maximum atomic E-state index is 12.7. The zero-order chi connectivity index (χ0) is 15.3. The van der Waals surface area contributed by atoms with Gasteiger partial charge in [-0.25, -0.2) is 21.9 Å². The second-order valence-electron chi connectivity index (χ2n) is 3.86. The van der Waals surface area contributed by atoms with Crippen LogP contribution in [0.4, 0.5) is 14.5 Å². The number of halogens is 2. The summed E-state index contributed by atoms with van der Waals surface area (Å²) < 4.78 is 51.0. The van der Waals surface area contributed by atoms with Crippen molar-refractivity contribution < 1.29 is 22.1 Å². The molecule has 7 nitrogen and oxygen atoms in total. The summed E-state index contributed by atoms with van der Waals surface area (Å²) in [5.41, 5.74) is 4.45. The van der Waals surface area contributed by atoms with Crippen LogP contribution in [0.25, 0.3) is 0 Å². The molecule has 0 aromatic heterocycles. The van der Waals surface area contributed by atoms with Crippen LogP contribution >= 0.6 is 0 Å². The van der Waals surface area contributed by atoms with E-state index in [9.17, 15) is 27.3 Å². The Bertz CT molecular complexity index is 580. The molecule has 0 spiro atoms. The first-order valence-electron chi connectivity index (χ1n) is 5.53. The number of nitro groups is 1. The molecule has 0 aliphatic heterocycles. The Hall–Kier alpha value is -1.65. The first-order valence-corrected chi connectivity index (χ1v) is 7.02. The van der Waals surface area contributed by atoms with Crippen LogP contribution in [-0.2, 0) is 10.0 Å². The van der Waals surface area contributed by atoms with Gasteiger partial charge < -0.3 is 5.73 Å². The molecule has 0 aliphatic carbocycles. The number of para-hydroxylation sites is 1. The average Bonchev–Trinajstić information content (AvgIpc) is 2.38. The van der Waals surface area contributed by atoms with Gasteiger partial charge >= 0.3 is 0 Å². The molecule has 20 heavy (non-hydrogen) atoms. The predicted molar refractivity (Wildman–Crippen MR) is 66.9 cm³/mol. The summed E-state index contributed by atoms with van der Waals surface area (Å²) in [6, 6.07) is 2.81. The van der Waals surface area contributed by atoms with Crippen molar-refractivity contribution >= 4 is 15.7 Å². The van der Waals surface area contributed by atoms with Gasteiger partial charge in [0.25, 0.3) is 12.1 Å². The minimum absolute atomic E-state index is 0.144. The summed E-state index contributed by atoms with van der Waals surface area (Å²) in [6.45, 7) is -0.144. The molecule has 3 N–H and O–H groups in total. The summed E-state index contributed by atoms with van der Waals surface area (Å²) in [5.74, 6) is 0. The summed E-state index contributed by atoms with van der Waals surface area (Å²) in [7, 11) is -4.43. The Morgan fingerprint density at radius 1 is 1.35 bits per heavy atom. The van der Waals surface area contributed by atoms with Crippen LogP contribution < -0.4 is 10.5 Å². The van der Waals surface area contributed by atoms with Gasteiger partial charge in [-0.3, -0.25) is 10.1 Å². The van der Waals surface area contributed by atoms with Gasteiger partial charge in [0, 0.05) is 6.07 Å². The first-order chi connectivity index (χ1) is 9.29. The number of hydrogen-bond acceptors (Lipinski definition) is 5. The van der Waals surface area contributed by atoms with E-state index in [1.54, 1.807) is 4.72 Å². The molecule has 1 aromatic carbocycles. The number of nitrogens with two attached hydrogens (primary N) is 1. The first kappa shape index (κ1) is 16.4. The second kappa shape index (κ2) is 6.68. The third-order valence-electron chi connectivity index (χ3n) is 2.44. The molecule has 1 rings (SSSR count). The molecular weight excluding hydrogens is 296 g/mol. The van der Waals surface area contributed by atoms with Crippen LogP contribution in [-0.4, -0.2) is 32.4 Å². The van der Waals surface area contributed by atoms with E-state index in [2.05, 4.69) is 0 Å². The Labute approximate surface area is 114 Å². The summed E-state index contributed by atoms with van der Waals surface area (Å²) >= 11 is 0. The van der Waals surface area contributed by atoms with Crippen molar-refractivity contribution in [2.45, 2.75) is 23.8 Å². The molecule has 0 saturated heterocycles. The fraction of sp³-hybridized carbons (Fsp3) is 0.400. The van der Waals surface area contributed by atoms with E-state index in [1.807, 2.05) is 0 Å². The van der Waals surface area contributed by atoms with E-state index < -0.39 is 38.0 Å². The SMILES string of the molecule is NCCC(NS(=O)(=O)c1ccccc1[N+](=O)[O-])C(F)F. The lowest BCUT2D eigenvalue weighted by molar-refractivity contribution is -0.387. The number of rotatable bonds is 7. The molecule has 0 saturated carbocycles. The van der Waals surface area contributed by atoms with Gasteiger partial charge in [0.15, 0.2) is 4.90 Å². The highest BCUT2D eigenvalue weighted by atomic mass is 32.2. The van der Waals surface area contributed by atoms with Crippen molar-refractivity contribution in [1.29, 1.82) is 0 Å². The summed E-state index contributed by atoms with van der Waals surface area (Å²) in [6.07, 6.45) is -3.24. The van der Waals surface area contributed by atoms with Gasteiger partial charge in [-0.2, -0.15) is 0 Å². The number of nitrogens with zero attached hydrogens (tertiary/aromatic N) is 1. The number of nitrogens with one attached hydrogen (secondary N) is 1. The number of hydrogen-bond donors (Lipinski definition) is 2. The van der Waals surface area contributed by atoms with E-state index in [4.69, 9.17) is 5.73 Å². The highest BCUT2D eigenvalue weighted by Gasteiger charge is 2.30. The fourth-order valence-corrected chi connectivity index (χ4v) is 2.94. The smallest absolute Gasteiger partial charge is 0.289 e. The standard InChI is InChI=1S/C10H13F2N3O4S/c11-10(12)7(5-6-13)14-20(18,19)9-4-2-1-3-8(9)15(16)17/h1-4,7,10,14H,5-6,13H2. The van der Waals surface area contributed by atoms with Gasteiger partial charge in [-0.05, 0) is 19.0 Å². The Balaban J connectivity index is 3.14. The lowest BCUT2D eigenvalue weighted by atomic mass is 10.2. The maximum absolute atomic E-state index is 12.7. The van der Waals surface area contributed by atoms with Crippen LogP contribution in [0.3, 0.4) is 0 Å². The molecule has 112 valence electrons. The summed E-state index contributed by atoms with van der Waals surface area (Å²) in [5, 5.41) is 10.8. The van der Waals surface area contributed by atoms with Crippen molar-refractivity contribution in [3.05, 3.63) is 34.4 Å². The fourth-order valence-electron chi connectivity index (χ4n) is 1.51. The van der Waals surface area contributed by atoms with Crippen LogP contribution in [0.1, 0.15) is 6.42 Å². The number of sulfonamides is 1. The monoisotopic (exact) mass is 309 g/mol. The lowest BCUT2D eigenvalue weighted by Gasteiger charge is -2.17. The normalized spacial score (nSPS) is 13.4. The highest BCUT2D eigenvalue weighted by Crippen LogP contribution is 2.23. The topological polar surface area (TPSA) is 115 Å². The molecule has 0 aliphatic rings. The quantitative estimate of drug-likeness (QED) is 0.572. The van der Waals surface area contributed by atoms with Gasteiger partial charge in [0.1, 0.15) is 0 Å². The molecule has 0 heterocycles. The molecule has 0 radical (unpaired) electrons. The van der Waals surface area contributed by atoms with E-state index in [0.29, 0.717) is 0 Å². The van der Waals surface area contributed by atoms with Crippen molar-refractivity contribution in [2.75, 3.05) is 6.54 Å². The maximum Gasteiger partial charge on any atom is 0.289 e. The molecule has 1 aromatic rings. The van der Waals surface area contributed by atoms with Crippen LogP contribution in [0, 0.1) is 10.1 Å². The van der Waals surface area contributed by atoms with Gasteiger partial charge in [-0.15, -0.1) is 0 Å². The van der Waals surface area contributed by atoms with Crippen LogP contribution in [0.2, 0.25) is 0 Å². The largest absolute Gasteiger partial charge is 0.330 e. The molecule has 1 unspecified atom stereocenters. The number of benzene rings is 1. The molecule has 0 fully saturated rings. The minimum atomic E-state index is -4.43. The van der Waals surface area contributed by atoms with Gasteiger partial charge in [0.05, 0.1) is 11.0 Å². The highest BCUT2D eigenvalue weighted by molar-refractivity contribution is 7.89. The van der Waals surface area contributed by atoms with Crippen LogP contribution in [0.15, 0.2) is 29.2 Å². The van der Waals surface area contributed by atoms with Gasteiger partial charge in [-0.1, -0.05) is 12.1 Å². The number of nitro benzene ring substituents is 1. The zero-order valence-electron chi connectivity index (χ0n) is 10.2. The van der Waals surface area contributed by atoms with E-state index in [1.165, 1.54) is 12.1 Å². The van der Waals surface area contributed by atoms with Crippen molar-refractivity contribution in [3.63, 3.8) is 0 Å². The predicted octanol–water partition coefficient (Wildman–Crippen LogP) is 0.856. The van der Waals surface area contributed by atoms with Gasteiger partial charge in [0.2, 0.25) is 10.0 Å². The number of alkyl halides is 2. The zero-order valence-corrected chi connectivity index (χ0v) is 11.0. The molecule has 10 heteroatoms.